The van der Waals surface area contributed by atoms with E-state index in [0.29, 0.717) is 5.56 Å². The van der Waals surface area contributed by atoms with Crippen molar-refractivity contribution in [3.63, 3.8) is 0 Å². The molecule has 0 spiro atoms. The molecule has 1 atom stereocenters. The van der Waals surface area contributed by atoms with Crippen molar-refractivity contribution in [3.05, 3.63) is 72.3 Å². The van der Waals surface area contributed by atoms with E-state index in [1.165, 1.54) is 0 Å². The predicted molar refractivity (Wildman–Crippen MR) is 100 cm³/mol. The topological polar surface area (TPSA) is 63.1 Å². The highest BCUT2D eigenvalue weighted by atomic mass is 16.2. The van der Waals surface area contributed by atoms with Gasteiger partial charge in [0.1, 0.15) is 0 Å². The quantitative estimate of drug-likeness (QED) is 0.784. The molecule has 1 saturated heterocycles. The number of carbonyl (C=O) groups is 1. The first-order valence-corrected chi connectivity index (χ1v) is 8.77. The number of carbonyl (C=O) groups excluding carboxylic acids is 1. The number of pyridine rings is 1. The summed E-state index contributed by atoms with van der Waals surface area (Å²) < 4.78 is 1.74. The normalized spacial score (nSPS) is 16.7. The number of anilines is 2. The van der Waals surface area contributed by atoms with Gasteiger partial charge in [-0.1, -0.05) is 6.07 Å². The molecule has 1 aliphatic rings. The zero-order valence-electron chi connectivity index (χ0n) is 14.7. The number of benzene rings is 1. The Morgan fingerprint density at radius 3 is 2.81 bits per heavy atom. The Morgan fingerprint density at radius 2 is 2.04 bits per heavy atom. The Labute approximate surface area is 152 Å². The lowest BCUT2D eigenvalue weighted by Crippen LogP contribution is -2.30. The van der Waals surface area contributed by atoms with Gasteiger partial charge in [0.05, 0.1) is 17.9 Å². The molecule has 1 N–H and O–H groups in total. The predicted octanol–water partition coefficient (Wildman–Crippen LogP) is 3.54. The maximum atomic E-state index is 13.1. The minimum Gasteiger partial charge on any atom is -0.353 e. The second-order valence-corrected chi connectivity index (χ2v) is 6.55. The van der Waals surface area contributed by atoms with Crippen LogP contribution in [0.2, 0.25) is 0 Å². The van der Waals surface area contributed by atoms with Crippen molar-refractivity contribution in [2.24, 2.45) is 7.05 Å². The lowest BCUT2D eigenvalue weighted by atomic mass is 10.1. The van der Waals surface area contributed by atoms with Gasteiger partial charge >= 0.3 is 0 Å². The van der Waals surface area contributed by atoms with Crippen LogP contribution in [-0.4, -0.2) is 32.1 Å². The van der Waals surface area contributed by atoms with Gasteiger partial charge in [-0.3, -0.25) is 14.5 Å². The molecule has 1 aromatic carbocycles. The number of nitrogens with zero attached hydrogens (tertiary/aromatic N) is 4. The zero-order chi connectivity index (χ0) is 17.9. The fraction of sp³-hybridized carbons (Fsp3) is 0.250. The average molecular weight is 347 g/mol. The first-order valence-electron chi connectivity index (χ1n) is 8.77. The van der Waals surface area contributed by atoms with Crippen LogP contribution in [0.3, 0.4) is 0 Å². The number of aryl methyl sites for hydroxylation is 1. The molecule has 1 amide bonds. The lowest BCUT2D eigenvalue weighted by molar-refractivity contribution is 0.0735. The molecule has 0 bridgehead atoms. The standard InChI is InChI=1S/C20H21N5O/c1-24-14-18(13-22-24)23-17-5-2-4-16(12-17)20(26)25-11-3-6-19(25)15-7-9-21-10-8-15/h2,4-5,7-10,12-14,19,23H,3,6,11H2,1H3. The van der Waals surface area contributed by atoms with E-state index in [2.05, 4.69) is 15.4 Å². The number of hydrogen-bond donors (Lipinski definition) is 1. The Hall–Kier alpha value is -3.15. The van der Waals surface area contributed by atoms with Crippen LogP contribution >= 0.6 is 0 Å². The minimum atomic E-state index is 0.0687. The summed E-state index contributed by atoms with van der Waals surface area (Å²) in [5.74, 6) is 0.0687. The number of amides is 1. The van der Waals surface area contributed by atoms with Crippen molar-refractivity contribution in [2.75, 3.05) is 11.9 Å². The second-order valence-electron chi connectivity index (χ2n) is 6.55. The molecule has 4 rings (SSSR count). The number of hydrogen-bond acceptors (Lipinski definition) is 4. The molecule has 2 aromatic heterocycles. The molecule has 0 radical (unpaired) electrons. The van der Waals surface area contributed by atoms with Crippen LogP contribution in [0.5, 0.6) is 0 Å². The summed E-state index contributed by atoms with van der Waals surface area (Å²) in [6.07, 6.45) is 9.24. The SMILES string of the molecule is Cn1cc(Nc2cccc(C(=O)N3CCCC3c3ccncc3)c2)cn1. The molecule has 6 heteroatoms. The summed E-state index contributed by atoms with van der Waals surface area (Å²) in [7, 11) is 1.87. The van der Waals surface area contributed by atoms with Crippen LogP contribution in [0.25, 0.3) is 0 Å². The molecule has 1 fully saturated rings. The number of aromatic nitrogens is 3. The number of rotatable bonds is 4. The summed E-state index contributed by atoms with van der Waals surface area (Å²) in [5, 5.41) is 7.44. The van der Waals surface area contributed by atoms with E-state index in [9.17, 15) is 4.79 Å². The molecule has 132 valence electrons. The van der Waals surface area contributed by atoms with Crippen molar-refractivity contribution < 1.29 is 4.79 Å². The Morgan fingerprint density at radius 1 is 1.19 bits per heavy atom. The van der Waals surface area contributed by atoms with Gasteiger partial charge in [0, 0.05) is 43.4 Å². The molecule has 3 aromatic rings. The monoisotopic (exact) mass is 347 g/mol. The summed E-state index contributed by atoms with van der Waals surface area (Å²) in [5.41, 5.74) is 3.62. The maximum absolute atomic E-state index is 13.1. The number of likely N-dealkylation sites (tertiary alicyclic amines) is 1. The van der Waals surface area contributed by atoms with Crippen molar-refractivity contribution in [3.8, 4) is 0 Å². The van der Waals surface area contributed by atoms with Crippen molar-refractivity contribution in [1.29, 1.82) is 0 Å². The van der Waals surface area contributed by atoms with Crippen LogP contribution in [0, 0.1) is 0 Å². The van der Waals surface area contributed by atoms with E-state index in [1.54, 1.807) is 23.3 Å². The third-order valence-electron chi connectivity index (χ3n) is 4.71. The van der Waals surface area contributed by atoms with Crippen molar-refractivity contribution in [1.82, 2.24) is 19.7 Å². The molecule has 6 nitrogen and oxygen atoms in total. The summed E-state index contributed by atoms with van der Waals surface area (Å²) in [6, 6.07) is 11.8. The van der Waals surface area contributed by atoms with Gasteiger partial charge in [0.25, 0.3) is 5.91 Å². The maximum Gasteiger partial charge on any atom is 0.254 e. The lowest BCUT2D eigenvalue weighted by Gasteiger charge is -2.25. The number of nitrogens with one attached hydrogen (secondary N) is 1. The molecule has 1 aliphatic heterocycles. The highest BCUT2D eigenvalue weighted by Crippen LogP contribution is 2.33. The molecular weight excluding hydrogens is 326 g/mol. The van der Waals surface area contributed by atoms with E-state index in [0.717, 1.165) is 36.3 Å². The summed E-state index contributed by atoms with van der Waals surface area (Å²) in [6.45, 7) is 0.784. The Bertz CT molecular complexity index is 905. The first kappa shape index (κ1) is 16.3. The van der Waals surface area contributed by atoms with Crippen molar-refractivity contribution >= 4 is 17.3 Å². The average Bonchev–Trinajstić information content (AvgIpc) is 3.31. The fourth-order valence-corrected chi connectivity index (χ4v) is 3.49. The van der Waals surface area contributed by atoms with E-state index in [4.69, 9.17) is 0 Å². The molecular formula is C20H21N5O. The van der Waals surface area contributed by atoms with Gasteiger partial charge in [-0.15, -0.1) is 0 Å². The summed E-state index contributed by atoms with van der Waals surface area (Å²) >= 11 is 0. The molecule has 1 unspecified atom stereocenters. The first-order chi connectivity index (χ1) is 12.7. The van der Waals surface area contributed by atoms with Crippen molar-refractivity contribution in [2.45, 2.75) is 18.9 Å². The third-order valence-corrected chi connectivity index (χ3v) is 4.71. The van der Waals surface area contributed by atoms with E-state index in [-0.39, 0.29) is 11.9 Å². The van der Waals surface area contributed by atoms with Gasteiger partial charge in [-0.2, -0.15) is 5.10 Å². The van der Waals surface area contributed by atoms with Crippen LogP contribution in [0.4, 0.5) is 11.4 Å². The molecule has 3 heterocycles. The second kappa shape index (κ2) is 7.00. The molecule has 26 heavy (non-hydrogen) atoms. The summed E-state index contributed by atoms with van der Waals surface area (Å²) in [4.78, 5) is 19.2. The van der Waals surface area contributed by atoms with Crippen LogP contribution in [-0.2, 0) is 7.05 Å². The van der Waals surface area contributed by atoms with Gasteiger partial charge in [-0.25, -0.2) is 0 Å². The van der Waals surface area contributed by atoms with Gasteiger partial charge in [-0.05, 0) is 48.7 Å². The van der Waals surface area contributed by atoms with Crippen LogP contribution in [0.1, 0.15) is 34.8 Å². The Kier molecular flexibility index (Phi) is 4.39. The third kappa shape index (κ3) is 3.31. The van der Waals surface area contributed by atoms with Gasteiger partial charge in [0.2, 0.25) is 0 Å². The smallest absolute Gasteiger partial charge is 0.254 e. The van der Waals surface area contributed by atoms with Gasteiger partial charge in [0.15, 0.2) is 0 Å². The van der Waals surface area contributed by atoms with E-state index in [1.807, 2.05) is 54.5 Å². The fourth-order valence-electron chi connectivity index (χ4n) is 3.49. The highest BCUT2D eigenvalue weighted by Gasteiger charge is 2.30. The molecule has 0 aliphatic carbocycles. The van der Waals surface area contributed by atoms with E-state index < -0.39 is 0 Å². The van der Waals surface area contributed by atoms with Gasteiger partial charge < -0.3 is 10.2 Å². The largest absolute Gasteiger partial charge is 0.353 e. The zero-order valence-corrected chi connectivity index (χ0v) is 14.7. The van der Waals surface area contributed by atoms with E-state index >= 15 is 0 Å². The highest BCUT2D eigenvalue weighted by molar-refractivity contribution is 5.95. The van der Waals surface area contributed by atoms with Crippen LogP contribution in [0.15, 0.2) is 61.2 Å². The molecule has 0 saturated carbocycles. The minimum absolute atomic E-state index is 0.0687. The van der Waals surface area contributed by atoms with Crippen LogP contribution < -0.4 is 5.32 Å². The Balaban J connectivity index is 1.55.